The number of carbonyl (C=O) groups is 1. The van der Waals surface area contributed by atoms with Crippen LogP contribution >= 0.6 is 0 Å². The summed E-state index contributed by atoms with van der Waals surface area (Å²) < 4.78 is 6.93. The summed E-state index contributed by atoms with van der Waals surface area (Å²) in [6, 6.07) is 0. The highest BCUT2D eigenvalue weighted by molar-refractivity contribution is 5.90. The quantitative estimate of drug-likeness (QED) is 0.589. The minimum absolute atomic E-state index is 0.144. The van der Waals surface area contributed by atoms with Gasteiger partial charge in [0.1, 0.15) is 18.0 Å². The van der Waals surface area contributed by atoms with Crippen molar-refractivity contribution in [2.75, 3.05) is 6.61 Å². The molecule has 2 rings (SSSR count). The van der Waals surface area contributed by atoms with Crippen LogP contribution in [0.1, 0.15) is 23.1 Å². The Morgan fingerprint density at radius 2 is 2.50 bits per heavy atom. The van der Waals surface area contributed by atoms with Gasteiger partial charge in [-0.3, -0.25) is 4.79 Å². The summed E-state index contributed by atoms with van der Waals surface area (Å²) in [5.41, 5.74) is 5.21. The van der Waals surface area contributed by atoms with E-state index in [0.29, 0.717) is 6.42 Å². The van der Waals surface area contributed by atoms with Crippen LogP contribution in [0.5, 0.6) is 0 Å². The van der Waals surface area contributed by atoms with Gasteiger partial charge in [-0.25, -0.2) is 4.98 Å². The number of ether oxygens (including phenoxy) is 1. The molecule has 1 aliphatic heterocycles. The summed E-state index contributed by atoms with van der Waals surface area (Å²) in [7, 11) is 0. The number of amides is 1. The molecule has 1 amide bonds. The molecule has 1 aromatic heterocycles. The maximum absolute atomic E-state index is 10.8. The van der Waals surface area contributed by atoms with E-state index in [0.717, 1.165) is 0 Å². The summed E-state index contributed by atoms with van der Waals surface area (Å²) in [5.74, 6) is -0.615. The number of aliphatic hydroxyl groups is 2. The molecule has 1 unspecified atom stereocenters. The minimum Gasteiger partial charge on any atom is -0.394 e. The summed E-state index contributed by atoms with van der Waals surface area (Å²) in [5, 5.41) is 18.4. The first kappa shape index (κ1) is 11.1. The van der Waals surface area contributed by atoms with Gasteiger partial charge in [0, 0.05) is 12.6 Å². The fourth-order valence-electron chi connectivity index (χ4n) is 1.68. The molecule has 0 aromatic carbocycles. The second-order valence-corrected chi connectivity index (χ2v) is 3.69. The van der Waals surface area contributed by atoms with E-state index < -0.39 is 24.3 Å². The lowest BCUT2D eigenvalue weighted by Crippen LogP contribution is -2.24. The predicted molar refractivity (Wildman–Crippen MR) is 52.4 cm³/mol. The molecule has 0 saturated carbocycles. The van der Waals surface area contributed by atoms with E-state index in [2.05, 4.69) is 4.98 Å². The number of primary amides is 1. The topological polar surface area (TPSA) is 111 Å². The zero-order valence-corrected chi connectivity index (χ0v) is 8.48. The zero-order valence-electron chi connectivity index (χ0n) is 8.48. The molecule has 16 heavy (non-hydrogen) atoms. The number of hydrogen-bond acceptors (Lipinski definition) is 5. The SMILES string of the molecule is NC(=O)c1cn(C2C[C@H](O)[C@@H](CO)O2)cn1. The Kier molecular flexibility index (Phi) is 2.90. The average molecular weight is 227 g/mol. The molecule has 0 spiro atoms. The number of rotatable bonds is 3. The van der Waals surface area contributed by atoms with Crippen LogP contribution in [0.2, 0.25) is 0 Å². The van der Waals surface area contributed by atoms with Gasteiger partial charge in [-0.1, -0.05) is 0 Å². The van der Waals surface area contributed by atoms with Crippen molar-refractivity contribution in [1.82, 2.24) is 9.55 Å². The predicted octanol–water partition coefficient (Wildman–Crippen LogP) is -1.38. The Bertz CT molecular complexity index is 392. The fraction of sp³-hybridized carbons (Fsp3) is 0.556. The highest BCUT2D eigenvalue weighted by Gasteiger charge is 2.34. The van der Waals surface area contributed by atoms with Crippen LogP contribution in [0.15, 0.2) is 12.5 Å². The first-order chi connectivity index (χ1) is 7.61. The van der Waals surface area contributed by atoms with Crippen LogP contribution in [0.3, 0.4) is 0 Å². The third-order valence-electron chi connectivity index (χ3n) is 2.57. The van der Waals surface area contributed by atoms with Gasteiger partial charge in [0.25, 0.3) is 5.91 Å². The molecule has 7 heteroatoms. The van der Waals surface area contributed by atoms with Crippen molar-refractivity contribution in [3.8, 4) is 0 Å². The molecule has 4 N–H and O–H groups in total. The fourth-order valence-corrected chi connectivity index (χ4v) is 1.68. The smallest absolute Gasteiger partial charge is 0.268 e. The van der Waals surface area contributed by atoms with Crippen LogP contribution in [0, 0.1) is 0 Å². The first-order valence-corrected chi connectivity index (χ1v) is 4.89. The van der Waals surface area contributed by atoms with Crippen molar-refractivity contribution in [1.29, 1.82) is 0 Å². The van der Waals surface area contributed by atoms with Gasteiger partial charge in [-0.15, -0.1) is 0 Å². The molecule has 7 nitrogen and oxygen atoms in total. The van der Waals surface area contributed by atoms with Crippen molar-refractivity contribution in [2.24, 2.45) is 5.73 Å². The second-order valence-electron chi connectivity index (χ2n) is 3.69. The zero-order chi connectivity index (χ0) is 11.7. The molecule has 3 atom stereocenters. The number of nitrogens with two attached hydrogens (primary N) is 1. The van der Waals surface area contributed by atoms with Crippen molar-refractivity contribution in [3.05, 3.63) is 18.2 Å². The van der Waals surface area contributed by atoms with Gasteiger partial charge in [-0.2, -0.15) is 0 Å². The van der Waals surface area contributed by atoms with Gasteiger partial charge in [-0.05, 0) is 0 Å². The van der Waals surface area contributed by atoms with E-state index in [1.54, 1.807) is 4.57 Å². The van der Waals surface area contributed by atoms with Crippen LogP contribution in [0.25, 0.3) is 0 Å². The lowest BCUT2D eigenvalue weighted by Gasteiger charge is -2.12. The summed E-state index contributed by atoms with van der Waals surface area (Å²) in [6.07, 6.45) is 1.49. The van der Waals surface area contributed by atoms with Gasteiger partial charge < -0.3 is 25.3 Å². The van der Waals surface area contributed by atoms with Gasteiger partial charge >= 0.3 is 0 Å². The van der Waals surface area contributed by atoms with E-state index >= 15 is 0 Å². The minimum atomic E-state index is -0.713. The number of aromatic nitrogens is 2. The molecule has 0 radical (unpaired) electrons. The Morgan fingerprint density at radius 3 is 3.00 bits per heavy atom. The average Bonchev–Trinajstić information content (AvgIpc) is 2.83. The van der Waals surface area contributed by atoms with E-state index in [-0.39, 0.29) is 12.3 Å². The first-order valence-electron chi connectivity index (χ1n) is 4.89. The molecular formula is C9H13N3O4. The van der Waals surface area contributed by atoms with Crippen molar-refractivity contribution >= 4 is 5.91 Å². The normalized spacial score (nSPS) is 29.5. The van der Waals surface area contributed by atoms with E-state index in [1.165, 1.54) is 12.5 Å². The molecule has 1 aliphatic rings. The lowest BCUT2D eigenvalue weighted by atomic mass is 10.2. The molecule has 1 aromatic rings. The van der Waals surface area contributed by atoms with Crippen LogP contribution < -0.4 is 5.73 Å². The second kappa shape index (κ2) is 4.20. The highest BCUT2D eigenvalue weighted by Crippen LogP contribution is 2.28. The molecule has 0 bridgehead atoms. The van der Waals surface area contributed by atoms with Crippen molar-refractivity contribution in [3.63, 3.8) is 0 Å². The highest BCUT2D eigenvalue weighted by atomic mass is 16.5. The summed E-state index contributed by atoms with van der Waals surface area (Å²) in [6.45, 7) is -0.241. The maximum atomic E-state index is 10.8. The molecule has 0 aliphatic carbocycles. The molecule has 1 fully saturated rings. The summed E-state index contributed by atoms with van der Waals surface area (Å²) >= 11 is 0. The largest absolute Gasteiger partial charge is 0.394 e. The Morgan fingerprint density at radius 1 is 1.75 bits per heavy atom. The summed E-state index contributed by atoms with van der Waals surface area (Å²) in [4.78, 5) is 14.6. The molecular weight excluding hydrogens is 214 g/mol. The van der Waals surface area contributed by atoms with E-state index in [4.69, 9.17) is 15.6 Å². The molecule has 2 heterocycles. The Labute approximate surface area is 91.5 Å². The van der Waals surface area contributed by atoms with E-state index in [1.807, 2.05) is 0 Å². The third kappa shape index (κ3) is 1.92. The monoisotopic (exact) mass is 227 g/mol. The lowest BCUT2D eigenvalue weighted by molar-refractivity contribution is -0.0443. The Hall–Kier alpha value is -1.44. The van der Waals surface area contributed by atoms with Gasteiger partial charge in [0.05, 0.1) is 19.0 Å². The Balaban J connectivity index is 2.11. The number of hydrogen-bond donors (Lipinski definition) is 3. The number of imidazole rings is 1. The van der Waals surface area contributed by atoms with Gasteiger partial charge in [0.15, 0.2) is 0 Å². The van der Waals surface area contributed by atoms with Crippen LogP contribution in [-0.4, -0.2) is 44.5 Å². The van der Waals surface area contributed by atoms with E-state index in [9.17, 15) is 9.90 Å². The number of aliphatic hydroxyl groups excluding tert-OH is 2. The van der Waals surface area contributed by atoms with Crippen molar-refractivity contribution in [2.45, 2.75) is 24.9 Å². The standard InChI is InChI=1S/C9H13N3O4/c10-9(15)5-2-12(4-11-5)8-1-6(14)7(3-13)16-8/h2,4,6-8,13-14H,1,3H2,(H2,10,15)/t6-,7+,8?/m0/s1. The van der Waals surface area contributed by atoms with Crippen molar-refractivity contribution < 1.29 is 19.7 Å². The van der Waals surface area contributed by atoms with Crippen LogP contribution in [-0.2, 0) is 4.74 Å². The molecule has 1 saturated heterocycles. The molecule has 88 valence electrons. The third-order valence-corrected chi connectivity index (χ3v) is 2.57. The maximum Gasteiger partial charge on any atom is 0.268 e. The number of carbonyl (C=O) groups excluding carboxylic acids is 1. The van der Waals surface area contributed by atoms with Gasteiger partial charge in [0.2, 0.25) is 0 Å². The van der Waals surface area contributed by atoms with Crippen LogP contribution in [0.4, 0.5) is 0 Å². The number of nitrogens with zero attached hydrogens (tertiary/aromatic N) is 2.